The molecule has 1 unspecified atom stereocenters. The lowest BCUT2D eigenvalue weighted by Gasteiger charge is -2.12. The Labute approximate surface area is 118 Å². The summed E-state index contributed by atoms with van der Waals surface area (Å²) in [6.45, 7) is 6.47. The highest BCUT2D eigenvalue weighted by atomic mass is 79.9. The largest absolute Gasteiger partial charge is 0.0835 e. The number of aryl methyl sites for hydroxylation is 3. The third-order valence-corrected chi connectivity index (χ3v) is 4.24. The van der Waals surface area contributed by atoms with Gasteiger partial charge in [0.25, 0.3) is 0 Å². The zero-order valence-electron chi connectivity index (χ0n) is 11.2. The molecule has 2 rings (SSSR count). The Kier molecular flexibility index (Phi) is 4.23. The van der Waals surface area contributed by atoms with Crippen molar-refractivity contribution in [3.63, 3.8) is 0 Å². The highest BCUT2D eigenvalue weighted by Gasteiger charge is 2.09. The van der Waals surface area contributed by atoms with E-state index in [1.54, 1.807) is 0 Å². The van der Waals surface area contributed by atoms with Crippen molar-refractivity contribution in [1.82, 2.24) is 0 Å². The lowest BCUT2D eigenvalue weighted by molar-refractivity contribution is 0.943. The van der Waals surface area contributed by atoms with Gasteiger partial charge in [0.1, 0.15) is 0 Å². The highest BCUT2D eigenvalue weighted by Crippen LogP contribution is 2.28. The van der Waals surface area contributed by atoms with E-state index in [2.05, 4.69) is 79.2 Å². The molecule has 0 spiro atoms. The first-order valence-corrected chi connectivity index (χ1v) is 7.24. The van der Waals surface area contributed by atoms with E-state index in [-0.39, 0.29) is 0 Å². The average molecular weight is 303 g/mol. The molecule has 0 nitrogen and oxygen atoms in total. The summed E-state index contributed by atoms with van der Waals surface area (Å²) in [5, 5.41) is 0. The van der Waals surface area contributed by atoms with Crippen LogP contribution in [0, 0.1) is 20.8 Å². The van der Waals surface area contributed by atoms with Gasteiger partial charge >= 0.3 is 0 Å². The van der Waals surface area contributed by atoms with Crippen molar-refractivity contribution in [2.24, 2.45) is 0 Å². The maximum absolute atomic E-state index is 3.81. The molecule has 0 aromatic heterocycles. The van der Waals surface area contributed by atoms with E-state index < -0.39 is 0 Å². The van der Waals surface area contributed by atoms with E-state index >= 15 is 0 Å². The summed E-state index contributed by atoms with van der Waals surface area (Å²) in [7, 11) is 0. The summed E-state index contributed by atoms with van der Waals surface area (Å²) >= 11 is 3.81. The first kappa shape index (κ1) is 13.4. The normalized spacial score (nSPS) is 12.4. The van der Waals surface area contributed by atoms with Crippen LogP contribution in [0.3, 0.4) is 0 Å². The summed E-state index contributed by atoms with van der Waals surface area (Å²) in [4.78, 5) is 0.388. The number of hydrogen-bond donors (Lipinski definition) is 0. The quantitative estimate of drug-likeness (QED) is 0.676. The van der Waals surface area contributed by atoms with E-state index in [0.717, 1.165) is 6.42 Å². The van der Waals surface area contributed by atoms with Gasteiger partial charge in [-0.2, -0.15) is 0 Å². The number of halogens is 1. The lowest BCUT2D eigenvalue weighted by atomic mass is 10.00. The summed E-state index contributed by atoms with van der Waals surface area (Å²) in [5.41, 5.74) is 6.79. The summed E-state index contributed by atoms with van der Waals surface area (Å²) in [5.74, 6) is 0. The van der Waals surface area contributed by atoms with Gasteiger partial charge in [0.15, 0.2) is 0 Å². The first-order chi connectivity index (χ1) is 8.56. The van der Waals surface area contributed by atoms with Crippen molar-refractivity contribution in [3.8, 4) is 0 Å². The van der Waals surface area contributed by atoms with Crippen LogP contribution in [0.1, 0.15) is 32.6 Å². The van der Waals surface area contributed by atoms with Crippen molar-refractivity contribution in [1.29, 1.82) is 0 Å². The van der Waals surface area contributed by atoms with Crippen molar-refractivity contribution in [2.45, 2.75) is 32.0 Å². The Hall–Kier alpha value is -1.08. The predicted octanol–water partition coefficient (Wildman–Crippen LogP) is 5.29. The van der Waals surface area contributed by atoms with Gasteiger partial charge in [0.2, 0.25) is 0 Å². The van der Waals surface area contributed by atoms with Gasteiger partial charge in [-0.05, 0) is 49.4 Å². The van der Waals surface area contributed by atoms with Gasteiger partial charge in [-0.25, -0.2) is 0 Å². The van der Waals surface area contributed by atoms with Gasteiger partial charge in [0, 0.05) is 4.83 Å². The van der Waals surface area contributed by atoms with Gasteiger partial charge < -0.3 is 0 Å². The predicted molar refractivity (Wildman–Crippen MR) is 82.5 cm³/mol. The Morgan fingerprint density at radius 2 is 1.72 bits per heavy atom. The van der Waals surface area contributed by atoms with Crippen LogP contribution in [0.4, 0.5) is 0 Å². The molecule has 0 N–H and O–H groups in total. The Morgan fingerprint density at radius 3 is 2.39 bits per heavy atom. The molecule has 0 fully saturated rings. The standard InChI is InChI=1S/C17H19Br/c1-12-5-4-6-15(9-12)11-17(18)16-8-7-13(2)14(3)10-16/h4-10,17H,11H2,1-3H3. The fraction of sp³-hybridized carbons (Fsp3) is 0.294. The first-order valence-electron chi connectivity index (χ1n) is 6.33. The monoisotopic (exact) mass is 302 g/mol. The van der Waals surface area contributed by atoms with Crippen LogP contribution in [0.15, 0.2) is 42.5 Å². The highest BCUT2D eigenvalue weighted by molar-refractivity contribution is 9.09. The Balaban J connectivity index is 2.16. The van der Waals surface area contributed by atoms with Crippen molar-refractivity contribution >= 4 is 15.9 Å². The van der Waals surface area contributed by atoms with E-state index in [1.807, 2.05) is 0 Å². The molecule has 0 amide bonds. The molecule has 0 aliphatic carbocycles. The van der Waals surface area contributed by atoms with Crippen LogP contribution in [0.25, 0.3) is 0 Å². The molecule has 18 heavy (non-hydrogen) atoms. The molecule has 0 radical (unpaired) electrons. The maximum Gasteiger partial charge on any atom is 0.0435 e. The molecule has 0 saturated carbocycles. The molecule has 0 aliphatic rings. The molecular formula is C17H19Br. The molecule has 2 aromatic carbocycles. The van der Waals surface area contributed by atoms with Crippen molar-refractivity contribution in [3.05, 3.63) is 70.3 Å². The Morgan fingerprint density at radius 1 is 0.944 bits per heavy atom. The van der Waals surface area contributed by atoms with Gasteiger partial charge in [-0.1, -0.05) is 64.0 Å². The minimum Gasteiger partial charge on any atom is -0.0835 e. The maximum atomic E-state index is 3.81. The van der Waals surface area contributed by atoms with Crippen molar-refractivity contribution in [2.75, 3.05) is 0 Å². The van der Waals surface area contributed by atoms with Crippen LogP contribution in [-0.2, 0) is 6.42 Å². The van der Waals surface area contributed by atoms with Crippen LogP contribution >= 0.6 is 15.9 Å². The topological polar surface area (TPSA) is 0 Å². The van der Waals surface area contributed by atoms with Crippen LogP contribution in [-0.4, -0.2) is 0 Å². The zero-order valence-corrected chi connectivity index (χ0v) is 12.8. The van der Waals surface area contributed by atoms with Gasteiger partial charge in [0.05, 0.1) is 0 Å². The lowest BCUT2D eigenvalue weighted by Crippen LogP contribution is -1.97. The van der Waals surface area contributed by atoms with Gasteiger partial charge in [-0.3, -0.25) is 0 Å². The van der Waals surface area contributed by atoms with E-state index in [0.29, 0.717) is 4.83 Å². The van der Waals surface area contributed by atoms with E-state index in [4.69, 9.17) is 0 Å². The molecule has 0 saturated heterocycles. The fourth-order valence-electron chi connectivity index (χ4n) is 2.12. The molecule has 0 aliphatic heterocycles. The zero-order chi connectivity index (χ0) is 13.1. The van der Waals surface area contributed by atoms with Crippen LogP contribution in [0.2, 0.25) is 0 Å². The molecule has 0 bridgehead atoms. The summed E-state index contributed by atoms with van der Waals surface area (Å²) in [6, 6.07) is 15.4. The van der Waals surface area contributed by atoms with E-state index in [9.17, 15) is 0 Å². The van der Waals surface area contributed by atoms with Crippen LogP contribution in [0.5, 0.6) is 0 Å². The second-order valence-electron chi connectivity index (χ2n) is 5.00. The molecular weight excluding hydrogens is 284 g/mol. The second kappa shape index (κ2) is 5.71. The third-order valence-electron chi connectivity index (χ3n) is 3.39. The minimum atomic E-state index is 0.388. The average Bonchev–Trinajstić information content (AvgIpc) is 2.32. The second-order valence-corrected chi connectivity index (χ2v) is 6.11. The van der Waals surface area contributed by atoms with E-state index in [1.165, 1.54) is 27.8 Å². The number of alkyl halides is 1. The SMILES string of the molecule is Cc1cccc(CC(Br)c2ccc(C)c(C)c2)c1. The molecule has 1 heteroatoms. The molecule has 94 valence electrons. The molecule has 0 heterocycles. The minimum absolute atomic E-state index is 0.388. The number of hydrogen-bond acceptors (Lipinski definition) is 0. The number of benzene rings is 2. The Bertz CT molecular complexity index is 543. The number of rotatable bonds is 3. The third kappa shape index (κ3) is 3.23. The molecule has 1 atom stereocenters. The molecule has 2 aromatic rings. The van der Waals surface area contributed by atoms with Gasteiger partial charge in [-0.15, -0.1) is 0 Å². The van der Waals surface area contributed by atoms with Crippen molar-refractivity contribution < 1.29 is 0 Å². The van der Waals surface area contributed by atoms with Crippen LogP contribution < -0.4 is 0 Å². The summed E-state index contributed by atoms with van der Waals surface area (Å²) < 4.78 is 0. The summed E-state index contributed by atoms with van der Waals surface area (Å²) in [6.07, 6.45) is 1.03. The smallest absolute Gasteiger partial charge is 0.0435 e. The fourth-order valence-corrected chi connectivity index (χ4v) is 2.78.